The Morgan fingerprint density at radius 1 is 1.15 bits per heavy atom. The molecule has 0 bridgehead atoms. The van der Waals surface area contributed by atoms with Crippen LogP contribution in [-0.2, 0) is 13.1 Å². The number of aromatic nitrogens is 2. The van der Waals surface area contributed by atoms with Crippen molar-refractivity contribution in [2.45, 2.75) is 13.1 Å². The van der Waals surface area contributed by atoms with Gasteiger partial charge in [0.2, 0.25) is 0 Å². The van der Waals surface area contributed by atoms with E-state index in [-0.39, 0.29) is 0 Å². The third kappa shape index (κ3) is 3.32. The van der Waals surface area contributed by atoms with Gasteiger partial charge in [-0.1, -0.05) is 6.07 Å². The van der Waals surface area contributed by atoms with Crippen molar-refractivity contribution in [1.29, 1.82) is 0 Å². The second kappa shape index (κ2) is 6.58. The molecule has 102 valence electrons. The van der Waals surface area contributed by atoms with Crippen LogP contribution in [0, 0.1) is 0 Å². The van der Waals surface area contributed by atoms with Crippen molar-refractivity contribution in [3.63, 3.8) is 0 Å². The summed E-state index contributed by atoms with van der Waals surface area (Å²) in [4.78, 5) is 10.2. The first-order chi connectivity index (χ1) is 9.83. The van der Waals surface area contributed by atoms with E-state index in [4.69, 9.17) is 0 Å². The summed E-state index contributed by atoms with van der Waals surface area (Å²) in [6, 6.07) is 7.96. The highest BCUT2D eigenvalue weighted by atomic mass is 79.9. The predicted octanol–water partition coefficient (Wildman–Crippen LogP) is 4.32. The summed E-state index contributed by atoms with van der Waals surface area (Å²) in [5.41, 5.74) is 1.99. The number of thiazole rings is 1. The molecule has 0 saturated heterocycles. The zero-order valence-electron chi connectivity index (χ0n) is 10.5. The molecule has 0 radical (unpaired) electrons. The molecule has 3 rings (SSSR count). The summed E-state index contributed by atoms with van der Waals surface area (Å²) < 4.78 is 1.17. The Labute approximate surface area is 133 Å². The number of hydrogen-bond acceptors (Lipinski definition) is 5. The van der Waals surface area contributed by atoms with E-state index in [2.05, 4.69) is 48.0 Å². The second-order valence-electron chi connectivity index (χ2n) is 4.15. The van der Waals surface area contributed by atoms with E-state index in [1.54, 1.807) is 28.9 Å². The zero-order chi connectivity index (χ0) is 13.8. The Hall–Kier alpha value is -1.08. The van der Waals surface area contributed by atoms with Crippen LogP contribution in [0.15, 0.2) is 45.7 Å². The lowest BCUT2D eigenvalue weighted by Crippen LogP contribution is -2.12. The molecular weight excluding hydrogens is 354 g/mol. The summed E-state index contributed by atoms with van der Waals surface area (Å²) in [7, 11) is 0. The van der Waals surface area contributed by atoms with Gasteiger partial charge in [-0.25, -0.2) is 4.98 Å². The summed E-state index contributed by atoms with van der Waals surface area (Å²) in [6.07, 6.45) is 1.79. The molecule has 6 heteroatoms. The van der Waals surface area contributed by atoms with E-state index in [0.29, 0.717) is 0 Å². The van der Waals surface area contributed by atoms with Crippen LogP contribution in [-0.4, -0.2) is 9.97 Å². The number of hydrogen-bond donors (Lipinski definition) is 1. The Kier molecular flexibility index (Phi) is 4.57. The summed E-state index contributed by atoms with van der Waals surface area (Å²) in [6.45, 7) is 1.63. The fourth-order valence-electron chi connectivity index (χ4n) is 1.75. The van der Waals surface area contributed by atoms with Gasteiger partial charge >= 0.3 is 0 Å². The van der Waals surface area contributed by atoms with Crippen LogP contribution in [0.5, 0.6) is 0 Å². The number of rotatable bonds is 5. The normalized spacial score (nSPS) is 10.8. The molecule has 3 nitrogen and oxygen atoms in total. The van der Waals surface area contributed by atoms with Gasteiger partial charge in [0.1, 0.15) is 5.01 Å². The molecule has 20 heavy (non-hydrogen) atoms. The lowest BCUT2D eigenvalue weighted by molar-refractivity contribution is 0.688. The third-order valence-electron chi connectivity index (χ3n) is 2.72. The Balaban J connectivity index is 1.59. The number of thiophene rings is 1. The standard InChI is InChI=1S/C14H12BrN3S2/c15-11-4-6-19-13(11)8-16-7-10-9-20-14(18-10)12-3-1-2-5-17-12/h1-6,9,16H,7-8H2. The number of nitrogens with one attached hydrogen (secondary N) is 1. The lowest BCUT2D eigenvalue weighted by Gasteiger charge is -2.01. The molecule has 0 atom stereocenters. The molecule has 0 amide bonds. The third-order valence-corrected chi connectivity index (χ3v) is 5.56. The topological polar surface area (TPSA) is 37.8 Å². The smallest absolute Gasteiger partial charge is 0.142 e. The molecule has 3 heterocycles. The largest absolute Gasteiger partial charge is 0.306 e. The number of halogens is 1. The van der Waals surface area contributed by atoms with Crippen molar-refractivity contribution < 1.29 is 0 Å². The highest BCUT2D eigenvalue weighted by Gasteiger charge is 2.06. The van der Waals surface area contributed by atoms with Crippen molar-refractivity contribution in [2.75, 3.05) is 0 Å². The van der Waals surface area contributed by atoms with E-state index in [0.717, 1.165) is 29.5 Å². The first-order valence-corrected chi connectivity index (χ1v) is 8.66. The molecule has 0 aliphatic heterocycles. The van der Waals surface area contributed by atoms with Crippen LogP contribution in [0.1, 0.15) is 10.6 Å². The highest BCUT2D eigenvalue weighted by molar-refractivity contribution is 9.10. The molecular formula is C14H12BrN3S2. The van der Waals surface area contributed by atoms with Gasteiger partial charge in [0.05, 0.1) is 11.4 Å². The maximum absolute atomic E-state index is 4.61. The Bertz CT molecular complexity index is 679. The molecule has 0 saturated carbocycles. The van der Waals surface area contributed by atoms with E-state index in [9.17, 15) is 0 Å². The summed E-state index contributed by atoms with van der Waals surface area (Å²) >= 11 is 6.92. The Morgan fingerprint density at radius 2 is 2.10 bits per heavy atom. The summed E-state index contributed by atoms with van der Waals surface area (Å²) in [5, 5.41) is 8.56. The van der Waals surface area contributed by atoms with Gasteiger partial charge in [-0.05, 0) is 39.5 Å². The van der Waals surface area contributed by atoms with Crippen molar-refractivity contribution in [1.82, 2.24) is 15.3 Å². The number of pyridine rings is 1. The van der Waals surface area contributed by atoms with Crippen molar-refractivity contribution in [3.05, 3.63) is 56.3 Å². The van der Waals surface area contributed by atoms with E-state index in [1.807, 2.05) is 18.2 Å². The van der Waals surface area contributed by atoms with Crippen LogP contribution < -0.4 is 5.32 Å². The maximum atomic E-state index is 4.61. The maximum Gasteiger partial charge on any atom is 0.142 e. The van der Waals surface area contributed by atoms with E-state index < -0.39 is 0 Å². The van der Waals surface area contributed by atoms with Gasteiger partial charge in [0.15, 0.2) is 0 Å². The molecule has 0 unspecified atom stereocenters. The fraction of sp³-hybridized carbons (Fsp3) is 0.143. The highest BCUT2D eigenvalue weighted by Crippen LogP contribution is 2.23. The molecule has 0 aromatic carbocycles. The minimum atomic E-state index is 0.772. The zero-order valence-corrected chi connectivity index (χ0v) is 13.8. The van der Waals surface area contributed by atoms with Gasteiger partial charge in [-0.2, -0.15) is 0 Å². The molecule has 0 spiro atoms. The van der Waals surface area contributed by atoms with Gasteiger partial charge in [0, 0.05) is 34.0 Å². The van der Waals surface area contributed by atoms with Crippen LogP contribution in [0.4, 0.5) is 0 Å². The number of nitrogens with zero attached hydrogens (tertiary/aromatic N) is 2. The molecule has 3 aromatic heterocycles. The average Bonchev–Trinajstić information content (AvgIpc) is 3.10. The SMILES string of the molecule is Brc1ccsc1CNCc1csc(-c2ccccn2)n1. The Morgan fingerprint density at radius 3 is 2.85 bits per heavy atom. The molecule has 0 aliphatic carbocycles. The fourth-order valence-corrected chi connectivity index (χ4v) is 4.01. The van der Waals surface area contributed by atoms with Crippen LogP contribution in [0.3, 0.4) is 0 Å². The molecule has 0 fully saturated rings. The first kappa shape index (κ1) is 13.9. The quantitative estimate of drug-likeness (QED) is 0.731. The van der Waals surface area contributed by atoms with E-state index in [1.165, 1.54) is 9.35 Å². The molecule has 3 aromatic rings. The van der Waals surface area contributed by atoms with Gasteiger partial charge in [-0.3, -0.25) is 4.98 Å². The van der Waals surface area contributed by atoms with Crippen molar-refractivity contribution in [3.8, 4) is 10.7 Å². The monoisotopic (exact) mass is 365 g/mol. The average molecular weight is 366 g/mol. The summed E-state index contributed by atoms with van der Waals surface area (Å²) in [5.74, 6) is 0. The van der Waals surface area contributed by atoms with Crippen LogP contribution >= 0.6 is 38.6 Å². The van der Waals surface area contributed by atoms with E-state index >= 15 is 0 Å². The van der Waals surface area contributed by atoms with Gasteiger partial charge in [-0.15, -0.1) is 22.7 Å². The minimum absolute atomic E-state index is 0.772. The predicted molar refractivity (Wildman–Crippen MR) is 87.9 cm³/mol. The molecule has 0 aliphatic rings. The molecule has 1 N–H and O–H groups in total. The second-order valence-corrected chi connectivity index (χ2v) is 6.87. The van der Waals surface area contributed by atoms with Crippen LogP contribution in [0.2, 0.25) is 0 Å². The van der Waals surface area contributed by atoms with Gasteiger partial charge in [0.25, 0.3) is 0 Å². The first-order valence-electron chi connectivity index (χ1n) is 6.11. The minimum Gasteiger partial charge on any atom is -0.306 e. The van der Waals surface area contributed by atoms with Crippen molar-refractivity contribution in [2.24, 2.45) is 0 Å². The van der Waals surface area contributed by atoms with Crippen LogP contribution in [0.25, 0.3) is 10.7 Å². The van der Waals surface area contributed by atoms with Gasteiger partial charge < -0.3 is 5.32 Å². The lowest BCUT2D eigenvalue weighted by atomic mass is 10.3. The van der Waals surface area contributed by atoms with Crippen molar-refractivity contribution >= 4 is 38.6 Å².